The molecule has 0 saturated carbocycles. The van der Waals surface area contributed by atoms with Crippen molar-refractivity contribution in [1.29, 1.82) is 0 Å². The Labute approximate surface area is 127 Å². The van der Waals surface area contributed by atoms with Crippen LogP contribution in [0.3, 0.4) is 0 Å². The van der Waals surface area contributed by atoms with E-state index in [4.69, 9.17) is 9.52 Å². The van der Waals surface area contributed by atoms with Crippen molar-refractivity contribution in [1.82, 2.24) is 4.90 Å². The Hall–Kier alpha value is -2.41. The van der Waals surface area contributed by atoms with Crippen LogP contribution >= 0.6 is 15.9 Å². The average molecular weight is 350 g/mol. The van der Waals surface area contributed by atoms with Crippen LogP contribution in [-0.4, -0.2) is 27.8 Å². The molecule has 2 aromatic rings. The van der Waals surface area contributed by atoms with E-state index in [1.165, 1.54) is 6.07 Å². The molecule has 106 valence electrons. The van der Waals surface area contributed by atoms with Crippen LogP contribution in [0.25, 0.3) is 0 Å². The predicted octanol–water partition coefficient (Wildman–Crippen LogP) is 2.54. The molecule has 1 aromatic heterocycles. The summed E-state index contributed by atoms with van der Waals surface area (Å²) in [6.07, 6.45) is 1.08. The molecule has 7 heteroatoms. The van der Waals surface area contributed by atoms with E-state index in [0.29, 0.717) is 15.6 Å². The first-order valence-electron chi connectivity index (χ1n) is 5.94. The van der Waals surface area contributed by atoms with Gasteiger partial charge in [0.1, 0.15) is 12.0 Å². The lowest BCUT2D eigenvalue weighted by atomic mass is 10.1. The monoisotopic (exact) mass is 349 g/mol. The van der Waals surface area contributed by atoms with Crippen molar-refractivity contribution in [3.8, 4) is 0 Å². The minimum absolute atomic E-state index is 0.0237. The Balaban J connectivity index is 1.89. The van der Waals surface area contributed by atoms with E-state index in [-0.39, 0.29) is 17.9 Å². The second-order valence-electron chi connectivity index (χ2n) is 4.49. The molecule has 0 saturated heterocycles. The van der Waals surface area contributed by atoms with Crippen molar-refractivity contribution >= 4 is 33.7 Å². The number of carboxylic acid groups (broad SMARTS) is 1. The number of aromatic carboxylic acids is 1. The van der Waals surface area contributed by atoms with Gasteiger partial charge in [-0.25, -0.2) is 4.79 Å². The Morgan fingerprint density at radius 1 is 1.19 bits per heavy atom. The molecule has 0 atom stereocenters. The van der Waals surface area contributed by atoms with Gasteiger partial charge in [0.05, 0.1) is 23.2 Å². The maximum Gasteiger partial charge on any atom is 0.338 e. The number of imide groups is 1. The zero-order chi connectivity index (χ0) is 15.1. The average Bonchev–Trinajstić information content (AvgIpc) is 2.99. The number of hydrogen-bond acceptors (Lipinski definition) is 4. The molecular formula is C14H8BrNO5. The van der Waals surface area contributed by atoms with Gasteiger partial charge >= 0.3 is 5.97 Å². The highest BCUT2D eigenvalue weighted by molar-refractivity contribution is 9.10. The molecule has 1 aliphatic rings. The lowest BCUT2D eigenvalue weighted by Gasteiger charge is -2.11. The van der Waals surface area contributed by atoms with Crippen LogP contribution in [0.5, 0.6) is 0 Å². The molecule has 6 nitrogen and oxygen atoms in total. The van der Waals surface area contributed by atoms with Gasteiger partial charge in [-0.15, -0.1) is 0 Å². The summed E-state index contributed by atoms with van der Waals surface area (Å²) >= 11 is 3.25. The van der Waals surface area contributed by atoms with Crippen LogP contribution in [0, 0.1) is 0 Å². The number of fused-ring (bicyclic) bond motifs is 1. The highest BCUT2D eigenvalue weighted by atomic mass is 79.9. The molecule has 1 N–H and O–H groups in total. The van der Waals surface area contributed by atoms with E-state index in [2.05, 4.69) is 15.9 Å². The molecule has 2 amide bonds. The van der Waals surface area contributed by atoms with E-state index in [0.717, 1.165) is 11.2 Å². The largest absolute Gasteiger partial charge is 0.478 e. The highest BCUT2D eigenvalue weighted by Gasteiger charge is 2.36. The van der Waals surface area contributed by atoms with Gasteiger partial charge in [-0.05, 0) is 24.3 Å². The summed E-state index contributed by atoms with van der Waals surface area (Å²) in [5.74, 6) is -1.74. The van der Waals surface area contributed by atoms with Crippen molar-refractivity contribution in [2.45, 2.75) is 6.54 Å². The minimum Gasteiger partial charge on any atom is -0.478 e. The van der Waals surface area contributed by atoms with Gasteiger partial charge in [0.2, 0.25) is 0 Å². The Morgan fingerprint density at radius 2 is 1.90 bits per heavy atom. The van der Waals surface area contributed by atoms with Crippen LogP contribution in [0.15, 0.2) is 39.4 Å². The van der Waals surface area contributed by atoms with E-state index in [1.54, 1.807) is 18.2 Å². The first-order chi connectivity index (χ1) is 9.97. The minimum atomic E-state index is -1.13. The highest BCUT2D eigenvalue weighted by Crippen LogP contribution is 2.27. The summed E-state index contributed by atoms with van der Waals surface area (Å²) in [5, 5.41) is 8.82. The summed E-state index contributed by atoms with van der Waals surface area (Å²) < 4.78 is 5.77. The molecule has 21 heavy (non-hydrogen) atoms. The Kier molecular flexibility index (Phi) is 3.13. The van der Waals surface area contributed by atoms with Gasteiger partial charge in [0.15, 0.2) is 0 Å². The number of benzene rings is 1. The molecule has 0 bridgehead atoms. The first-order valence-corrected chi connectivity index (χ1v) is 6.73. The zero-order valence-electron chi connectivity index (χ0n) is 10.5. The standard InChI is InChI=1S/C14H8BrNO5/c15-8-1-2-10-11(4-8)13(18)16(12(10)17)5-9-3-7(6-21-9)14(19)20/h1-4,6H,5H2,(H,19,20). The van der Waals surface area contributed by atoms with Crippen molar-refractivity contribution < 1.29 is 23.9 Å². The number of carbonyl (C=O) groups excluding carboxylic acids is 2. The van der Waals surface area contributed by atoms with Crippen LogP contribution in [0.4, 0.5) is 0 Å². The van der Waals surface area contributed by atoms with Crippen molar-refractivity contribution in [3.63, 3.8) is 0 Å². The Bertz CT molecular complexity index is 779. The smallest absolute Gasteiger partial charge is 0.338 e. The molecule has 0 unspecified atom stereocenters. The van der Waals surface area contributed by atoms with E-state index in [1.807, 2.05) is 0 Å². The molecular weight excluding hydrogens is 342 g/mol. The third-order valence-corrected chi connectivity index (χ3v) is 3.64. The number of carbonyl (C=O) groups is 3. The molecule has 1 aliphatic heterocycles. The number of carboxylic acids is 1. The van der Waals surface area contributed by atoms with Gasteiger partial charge in [0.25, 0.3) is 11.8 Å². The van der Waals surface area contributed by atoms with Gasteiger partial charge in [-0.3, -0.25) is 14.5 Å². The number of nitrogens with zero attached hydrogens (tertiary/aromatic N) is 1. The first kappa shape index (κ1) is 13.6. The summed E-state index contributed by atoms with van der Waals surface area (Å²) in [6, 6.07) is 6.13. The number of amides is 2. The number of halogens is 1. The van der Waals surface area contributed by atoms with Crippen LogP contribution in [-0.2, 0) is 6.54 Å². The van der Waals surface area contributed by atoms with Crippen molar-refractivity contribution in [2.75, 3.05) is 0 Å². The number of hydrogen-bond donors (Lipinski definition) is 1. The van der Waals surface area contributed by atoms with Gasteiger partial charge in [0, 0.05) is 4.47 Å². The molecule has 1 aromatic carbocycles. The second kappa shape index (κ2) is 4.85. The van der Waals surface area contributed by atoms with E-state index in [9.17, 15) is 14.4 Å². The quantitative estimate of drug-likeness (QED) is 0.860. The van der Waals surface area contributed by atoms with Crippen molar-refractivity contribution in [2.24, 2.45) is 0 Å². The maximum absolute atomic E-state index is 12.2. The summed E-state index contributed by atoms with van der Waals surface area (Å²) in [7, 11) is 0. The Morgan fingerprint density at radius 3 is 2.57 bits per heavy atom. The van der Waals surface area contributed by atoms with E-state index < -0.39 is 17.8 Å². The zero-order valence-corrected chi connectivity index (χ0v) is 12.1. The van der Waals surface area contributed by atoms with Crippen LogP contribution in [0.1, 0.15) is 36.8 Å². The third kappa shape index (κ3) is 2.25. The topological polar surface area (TPSA) is 87.8 Å². The molecule has 0 spiro atoms. The van der Waals surface area contributed by atoms with Crippen molar-refractivity contribution in [3.05, 3.63) is 57.5 Å². The fourth-order valence-electron chi connectivity index (χ4n) is 2.14. The molecule has 0 radical (unpaired) electrons. The number of rotatable bonds is 3. The lowest BCUT2D eigenvalue weighted by molar-refractivity contribution is 0.0629. The summed E-state index contributed by atoms with van der Waals surface area (Å²) in [4.78, 5) is 36.2. The fourth-order valence-corrected chi connectivity index (χ4v) is 2.50. The summed E-state index contributed by atoms with van der Waals surface area (Å²) in [5.41, 5.74) is 0.622. The molecule has 0 aliphatic carbocycles. The molecule has 3 rings (SSSR count). The molecule has 2 heterocycles. The van der Waals surface area contributed by atoms with Gasteiger partial charge < -0.3 is 9.52 Å². The van der Waals surface area contributed by atoms with Gasteiger partial charge in [-0.2, -0.15) is 0 Å². The molecule has 0 fully saturated rings. The van der Waals surface area contributed by atoms with Crippen LogP contribution < -0.4 is 0 Å². The van der Waals surface area contributed by atoms with Crippen LogP contribution in [0.2, 0.25) is 0 Å². The normalized spacial score (nSPS) is 13.7. The lowest BCUT2D eigenvalue weighted by Crippen LogP contribution is -2.28. The summed E-state index contributed by atoms with van der Waals surface area (Å²) in [6.45, 7) is -0.1000. The van der Waals surface area contributed by atoms with E-state index >= 15 is 0 Å². The third-order valence-electron chi connectivity index (χ3n) is 3.15. The second-order valence-corrected chi connectivity index (χ2v) is 5.41. The van der Waals surface area contributed by atoms with Gasteiger partial charge in [-0.1, -0.05) is 15.9 Å². The number of furan rings is 1. The SMILES string of the molecule is O=C(O)c1coc(CN2C(=O)c3ccc(Br)cc3C2=O)c1. The maximum atomic E-state index is 12.2. The predicted molar refractivity (Wildman–Crippen MR) is 74.0 cm³/mol. The fraction of sp³-hybridized carbons (Fsp3) is 0.0714.